The first-order valence-electron chi connectivity index (χ1n) is 9.01. The molecule has 3 rings (SSSR count). The lowest BCUT2D eigenvalue weighted by molar-refractivity contribution is -0.136. The molecule has 2 N–H and O–H groups in total. The summed E-state index contributed by atoms with van der Waals surface area (Å²) in [6.07, 6.45) is 0. The fourth-order valence-electron chi connectivity index (χ4n) is 3.00. The zero-order valence-electron chi connectivity index (χ0n) is 15.6. The second kappa shape index (κ2) is 9.37. The topological polar surface area (TPSA) is 67.4 Å². The largest absolute Gasteiger partial charge is 0.495 e. The number of para-hydroxylation sites is 2. The van der Waals surface area contributed by atoms with Gasteiger partial charge in [-0.3, -0.25) is 9.59 Å². The SMILES string of the molecule is COc1ccccc1NC(=O)C(=O)NCC(c1ccccc1)c1ccccc1. The number of methoxy groups -OCH3 is 1. The molecule has 0 aromatic heterocycles. The van der Waals surface area contributed by atoms with E-state index < -0.39 is 11.8 Å². The molecule has 0 aliphatic rings. The average molecular weight is 374 g/mol. The molecule has 0 saturated carbocycles. The van der Waals surface area contributed by atoms with Crippen LogP contribution in [0.5, 0.6) is 5.75 Å². The van der Waals surface area contributed by atoms with Crippen molar-refractivity contribution in [2.45, 2.75) is 5.92 Å². The summed E-state index contributed by atoms with van der Waals surface area (Å²) < 4.78 is 5.19. The summed E-state index contributed by atoms with van der Waals surface area (Å²) in [5, 5.41) is 5.33. The van der Waals surface area contributed by atoms with Crippen LogP contribution in [-0.4, -0.2) is 25.5 Å². The molecule has 3 aromatic rings. The van der Waals surface area contributed by atoms with Crippen molar-refractivity contribution in [2.75, 3.05) is 19.0 Å². The summed E-state index contributed by atoms with van der Waals surface area (Å²) in [5.41, 5.74) is 2.59. The molecule has 0 bridgehead atoms. The van der Waals surface area contributed by atoms with Gasteiger partial charge < -0.3 is 15.4 Å². The molecule has 0 radical (unpaired) electrons. The van der Waals surface area contributed by atoms with Crippen molar-refractivity contribution in [3.05, 3.63) is 96.1 Å². The molecule has 0 saturated heterocycles. The van der Waals surface area contributed by atoms with E-state index in [1.807, 2.05) is 60.7 Å². The summed E-state index contributed by atoms with van der Waals surface area (Å²) >= 11 is 0. The van der Waals surface area contributed by atoms with E-state index in [4.69, 9.17) is 4.74 Å². The lowest BCUT2D eigenvalue weighted by Gasteiger charge is -2.19. The van der Waals surface area contributed by atoms with Crippen LogP contribution in [0.3, 0.4) is 0 Å². The number of carbonyl (C=O) groups excluding carboxylic acids is 2. The Bertz CT molecular complexity index is 887. The van der Waals surface area contributed by atoms with Crippen molar-refractivity contribution in [2.24, 2.45) is 0 Å². The lowest BCUT2D eigenvalue weighted by Crippen LogP contribution is -2.37. The highest BCUT2D eigenvalue weighted by molar-refractivity contribution is 6.39. The first-order valence-corrected chi connectivity index (χ1v) is 9.01. The third kappa shape index (κ3) is 4.76. The molecule has 0 spiro atoms. The van der Waals surface area contributed by atoms with Gasteiger partial charge in [-0.25, -0.2) is 0 Å². The number of amides is 2. The van der Waals surface area contributed by atoms with Gasteiger partial charge in [0.05, 0.1) is 12.8 Å². The summed E-state index contributed by atoms with van der Waals surface area (Å²) in [5.74, 6) is -0.979. The van der Waals surface area contributed by atoms with Gasteiger partial charge in [0, 0.05) is 12.5 Å². The number of rotatable bonds is 6. The maximum atomic E-state index is 12.4. The Morgan fingerprint density at radius 2 is 1.32 bits per heavy atom. The van der Waals surface area contributed by atoms with Crippen molar-refractivity contribution < 1.29 is 14.3 Å². The van der Waals surface area contributed by atoms with Crippen LogP contribution >= 0.6 is 0 Å². The number of nitrogens with one attached hydrogen (secondary N) is 2. The summed E-state index contributed by atoms with van der Waals surface area (Å²) in [4.78, 5) is 24.6. The molecule has 5 nitrogen and oxygen atoms in total. The Hall–Kier alpha value is -3.60. The normalized spacial score (nSPS) is 10.4. The van der Waals surface area contributed by atoms with Gasteiger partial charge in [-0.15, -0.1) is 0 Å². The van der Waals surface area contributed by atoms with Gasteiger partial charge in [-0.05, 0) is 23.3 Å². The smallest absolute Gasteiger partial charge is 0.313 e. The predicted molar refractivity (Wildman–Crippen MR) is 109 cm³/mol. The van der Waals surface area contributed by atoms with E-state index in [1.165, 1.54) is 7.11 Å². The highest BCUT2D eigenvalue weighted by Gasteiger charge is 2.19. The second-order valence-corrected chi connectivity index (χ2v) is 6.24. The number of ether oxygens (including phenoxy) is 1. The quantitative estimate of drug-likeness (QED) is 0.648. The highest BCUT2D eigenvalue weighted by Crippen LogP contribution is 2.24. The van der Waals surface area contributed by atoms with Crippen LogP contribution in [0.2, 0.25) is 0 Å². The summed E-state index contributed by atoms with van der Waals surface area (Å²) in [7, 11) is 1.51. The monoisotopic (exact) mass is 374 g/mol. The molecular formula is C23H22N2O3. The molecule has 2 amide bonds. The van der Waals surface area contributed by atoms with Crippen molar-refractivity contribution in [3.63, 3.8) is 0 Å². The third-order valence-electron chi connectivity index (χ3n) is 4.43. The van der Waals surface area contributed by atoms with Gasteiger partial charge in [-0.2, -0.15) is 0 Å². The fraction of sp³-hybridized carbons (Fsp3) is 0.130. The van der Waals surface area contributed by atoms with Crippen LogP contribution in [0.4, 0.5) is 5.69 Å². The van der Waals surface area contributed by atoms with Crippen LogP contribution < -0.4 is 15.4 Å². The van der Waals surface area contributed by atoms with Gasteiger partial charge >= 0.3 is 11.8 Å². The zero-order valence-corrected chi connectivity index (χ0v) is 15.6. The van der Waals surface area contributed by atoms with Crippen LogP contribution in [0.15, 0.2) is 84.9 Å². The Morgan fingerprint density at radius 3 is 1.89 bits per heavy atom. The van der Waals surface area contributed by atoms with E-state index >= 15 is 0 Å². The Labute approximate surface area is 164 Å². The van der Waals surface area contributed by atoms with E-state index in [0.717, 1.165) is 11.1 Å². The van der Waals surface area contributed by atoms with Crippen LogP contribution in [0.25, 0.3) is 0 Å². The zero-order chi connectivity index (χ0) is 19.8. The molecule has 0 atom stereocenters. The second-order valence-electron chi connectivity index (χ2n) is 6.24. The molecule has 0 heterocycles. The maximum absolute atomic E-state index is 12.4. The molecule has 28 heavy (non-hydrogen) atoms. The number of hydrogen-bond acceptors (Lipinski definition) is 3. The van der Waals surface area contributed by atoms with E-state index in [-0.39, 0.29) is 5.92 Å². The molecule has 142 valence electrons. The molecular weight excluding hydrogens is 352 g/mol. The van der Waals surface area contributed by atoms with Crippen molar-refractivity contribution in [3.8, 4) is 5.75 Å². The van der Waals surface area contributed by atoms with Gasteiger partial charge in [-0.1, -0.05) is 72.8 Å². The van der Waals surface area contributed by atoms with E-state index in [2.05, 4.69) is 10.6 Å². The average Bonchev–Trinajstić information content (AvgIpc) is 2.75. The Balaban J connectivity index is 1.69. The van der Waals surface area contributed by atoms with Gasteiger partial charge in [0.1, 0.15) is 5.75 Å². The van der Waals surface area contributed by atoms with Gasteiger partial charge in [0.15, 0.2) is 0 Å². The first kappa shape index (κ1) is 19.2. The Morgan fingerprint density at radius 1 is 0.786 bits per heavy atom. The molecule has 0 unspecified atom stereocenters. The first-order chi connectivity index (χ1) is 13.7. The molecule has 0 aliphatic heterocycles. The van der Waals surface area contributed by atoms with Gasteiger partial charge in [0.2, 0.25) is 0 Å². The minimum absolute atomic E-state index is 0.0505. The van der Waals surface area contributed by atoms with E-state index in [1.54, 1.807) is 24.3 Å². The molecule has 5 heteroatoms. The summed E-state index contributed by atoms with van der Waals surface area (Å²) in [6.45, 7) is 0.312. The van der Waals surface area contributed by atoms with Crippen molar-refractivity contribution in [1.29, 1.82) is 0 Å². The lowest BCUT2D eigenvalue weighted by atomic mass is 9.91. The minimum atomic E-state index is -0.732. The summed E-state index contributed by atoms with van der Waals surface area (Å²) in [6, 6.07) is 26.7. The predicted octanol–water partition coefficient (Wildman–Crippen LogP) is 3.58. The molecule has 0 aliphatic carbocycles. The van der Waals surface area contributed by atoms with Crippen LogP contribution in [0.1, 0.15) is 17.0 Å². The third-order valence-corrected chi connectivity index (χ3v) is 4.43. The minimum Gasteiger partial charge on any atom is -0.495 e. The maximum Gasteiger partial charge on any atom is 0.313 e. The van der Waals surface area contributed by atoms with Crippen LogP contribution in [0, 0.1) is 0 Å². The van der Waals surface area contributed by atoms with E-state index in [9.17, 15) is 9.59 Å². The fourth-order valence-corrected chi connectivity index (χ4v) is 3.00. The van der Waals surface area contributed by atoms with Crippen molar-refractivity contribution >= 4 is 17.5 Å². The van der Waals surface area contributed by atoms with Crippen LogP contribution in [-0.2, 0) is 9.59 Å². The van der Waals surface area contributed by atoms with Gasteiger partial charge in [0.25, 0.3) is 0 Å². The van der Waals surface area contributed by atoms with E-state index in [0.29, 0.717) is 18.0 Å². The number of benzene rings is 3. The van der Waals surface area contributed by atoms with Crippen molar-refractivity contribution in [1.82, 2.24) is 5.32 Å². The Kier molecular flexibility index (Phi) is 6.41. The standard InChI is InChI=1S/C23H22N2O3/c1-28-21-15-9-8-14-20(21)25-23(27)22(26)24-16-19(17-10-4-2-5-11-17)18-12-6-3-7-13-18/h2-15,19H,16H2,1H3,(H,24,26)(H,25,27). The number of anilines is 1. The molecule has 3 aromatic carbocycles. The number of hydrogen-bond donors (Lipinski definition) is 2. The highest BCUT2D eigenvalue weighted by atomic mass is 16.5. The number of carbonyl (C=O) groups is 2. The molecule has 0 fully saturated rings.